The van der Waals surface area contributed by atoms with E-state index in [9.17, 15) is 5.11 Å². The van der Waals surface area contributed by atoms with Gasteiger partial charge in [0.1, 0.15) is 0 Å². The van der Waals surface area contributed by atoms with Crippen molar-refractivity contribution in [3.8, 4) is 0 Å². The van der Waals surface area contributed by atoms with Crippen LogP contribution in [0.5, 0.6) is 0 Å². The zero-order valence-electron chi connectivity index (χ0n) is 12.1. The van der Waals surface area contributed by atoms with Crippen LogP contribution in [0.3, 0.4) is 0 Å². The molecule has 0 aromatic heterocycles. The van der Waals surface area contributed by atoms with E-state index in [4.69, 9.17) is 0 Å². The molecule has 0 fully saturated rings. The molecule has 0 spiro atoms. The fraction of sp³-hybridized carbons (Fsp3) is 1.00. The van der Waals surface area contributed by atoms with Crippen molar-refractivity contribution in [1.82, 2.24) is 0 Å². The Morgan fingerprint density at radius 3 is 2.06 bits per heavy atom. The number of aliphatic hydroxyl groups is 1. The van der Waals surface area contributed by atoms with E-state index in [0.29, 0.717) is 11.3 Å². The summed E-state index contributed by atoms with van der Waals surface area (Å²) in [5.41, 5.74) is 0.408. The van der Waals surface area contributed by atoms with E-state index in [-0.39, 0.29) is 6.10 Å². The van der Waals surface area contributed by atoms with E-state index in [1.165, 1.54) is 25.7 Å². The molecule has 0 aliphatic carbocycles. The largest absolute Gasteiger partial charge is 0.393 e. The third-order valence-corrected chi connectivity index (χ3v) is 3.42. The molecule has 16 heavy (non-hydrogen) atoms. The van der Waals surface area contributed by atoms with Gasteiger partial charge in [0.2, 0.25) is 0 Å². The van der Waals surface area contributed by atoms with Crippen LogP contribution in [-0.2, 0) is 0 Å². The summed E-state index contributed by atoms with van der Waals surface area (Å²) >= 11 is 0. The normalized spacial score (nSPS) is 16.1. The first-order chi connectivity index (χ1) is 7.40. The number of hydrogen-bond donors (Lipinski definition) is 1. The Kier molecular flexibility index (Phi) is 8.09. The van der Waals surface area contributed by atoms with E-state index in [1.54, 1.807) is 0 Å². The molecule has 0 aliphatic rings. The minimum Gasteiger partial charge on any atom is -0.393 e. The molecule has 98 valence electrons. The minimum absolute atomic E-state index is 0.0705. The first-order valence-electron chi connectivity index (χ1n) is 7.08. The summed E-state index contributed by atoms with van der Waals surface area (Å²) in [5.74, 6) is 0.528. The van der Waals surface area contributed by atoms with Crippen LogP contribution in [0.4, 0.5) is 0 Å². The Morgan fingerprint density at radius 1 is 1.00 bits per heavy atom. The van der Waals surface area contributed by atoms with Crippen molar-refractivity contribution in [2.75, 3.05) is 0 Å². The lowest BCUT2D eigenvalue weighted by molar-refractivity contribution is 0.0849. The van der Waals surface area contributed by atoms with E-state index in [1.807, 2.05) is 0 Å². The number of hydrogen-bond acceptors (Lipinski definition) is 1. The summed E-state index contributed by atoms with van der Waals surface area (Å²) in [4.78, 5) is 0. The molecule has 0 aliphatic heterocycles. The van der Waals surface area contributed by atoms with Gasteiger partial charge in [0.15, 0.2) is 0 Å². The van der Waals surface area contributed by atoms with E-state index in [2.05, 4.69) is 34.6 Å². The molecule has 0 radical (unpaired) electrons. The molecular formula is C15H32O. The summed E-state index contributed by atoms with van der Waals surface area (Å²) in [5, 5.41) is 10.1. The zero-order chi connectivity index (χ0) is 12.6. The van der Waals surface area contributed by atoms with Gasteiger partial charge in [-0.15, -0.1) is 0 Å². The number of rotatable bonds is 8. The van der Waals surface area contributed by atoms with Gasteiger partial charge in [0, 0.05) is 0 Å². The molecule has 2 unspecified atom stereocenters. The summed E-state index contributed by atoms with van der Waals surface area (Å²) in [6.45, 7) is 11.2. The fourth-order valence-electron chi connectivity index (χ4n) is 2.21. The van der Waals surface area contributed by atoms with Gasteiger partial charge in [0.25, 0.3) is 0 Å². The van der Waals surface area contributed by atoms with E-state index in [0.717, 1.165) is 19.3 Å². The molecule has 0 saturated carbocycles. The van der Waals surface area contributed by atoms with Crippen LogP contribution in [0.15, 0.2) is 0 Å². The van der Waals surface area contributed by atoms with Crippen molar-refractivity contribution in [3.05, 3.63) is 0 Å². The van der Waals surface area contributed by atoms with Gasteiger partial charge in [-0.2, -0.15) is 0 Å². The topological polar surface area (TPSA) is 20.2 Å². The van der Waals surface area contributed by atoms with Crippen LogP contribution in [0.1, 0.15) is 79.6 Å². The average Bonchev–Trinajstić information content (AvgIpc) is 2.17. The quantitative estimate of drug-likeness (QED) is 0.634. The van der Waals surface area contributed by atoms with Crippen LogP contribution in [0, 0.1) is 11.3 Å². The monoisotopic (exact) mass is 228 g/mol. The van der Waals surface area contributed by atoms with Gasteiger partial charge in [-0.25, -0.2) is 0 Å². The molecule has 0 aromatic carbocycles. The van der Waals surface area contributed by atoms with Crippen molar-refractivity contribution >= 4 is 0 Å². The van der Waals surface area contributed by atoms with Crippen LogP contribution in [0.25, 0.3) is 0 Å². The molecule has 0 saturated heterocycles. The van der Waals surface area contributed by atoms with Crippen LogP contribution in [-0.4, -0.2) is 11.2 Å². The molecule has 1 heteroatoms. The van der Waals surface area contributed by atoms with Gasteiger partial charge in [-0.1, -0.05) is 60.3 Å². The second kappa shape index (κ2) is 8.11. The summed E-state index contributed by atoms with van der Waals surface area (Å²) < 4.78 is 0. The Labute approximate surface area is 103 Å². The lowest BCUT2D eigenvalue weighted by atomic mass is 9.86. The van der Waals surface area contributed by atoms with Crippen molar-refractivity contribution < 1.29 is 5.11 Å². The lowest BCUT2D eigenvalue weighted by Gasteiger charge is -2.23. The Hall–Kier alpha value is -0.0400. The second-order valence-corrected chi connectivity index (χ2v) is 6.33. The van der Waals surface area contributed by atoms with Crippen molar-refractivity contribution in [2.45, 2.75) is 85.7 Å². The Bertz CT molecular complexity index is 157. The molecule has 0 aromatic rings. The van der Waals surface area contributed by atoms with Crippen molar-refractivity contribution in [2.24, 2.45) is 11.3 Å². The molecule has 0 heterocycles. The lowest BCUT2D eigenvalue weighted by Crippen LogP contribution is -2.20. The Morgan fingerprint density at radius 2 is 1.62 bits per heavy atom. The third-order valence-electron chi connectivity index (χ3n) is 3.42. The molecule has 1 nitrogen and oxygen atoms in total. The predicted octanol–water partition coefficient (Wildman–Crippen LogP) is 4.78. The summed E-state index contributed by atoms with van der Waals surface area (Å²) in [6, 6.07) is 0. The molecule has 0 amide bonds. The number of aliphatic hydroxyl groups excluding tert-OH is 1. The van der Waals surface area contributed by atoms with Crippen LogP contribution < -0.4 is 0 Å². The van der Waals surface area contributed by atoms with Gasteiger partial charge in [-0.05, 0) is 30.6 Å². The standard InChI is InChI=1S/C15H32O/c1-6-8-10-13(7-2)14(16)11-9-12-15(3,4)5/h13-14,16H,6-12H2,1-5H3. The maximum absolute atomic E-state index is 10.1. The zero-order valence-corrected chi connectivity index (χ0v) is 12.1. The van der Waals surface area contributed by atoms with Gasteiger partial charge < -0.3 is 5.11 Å². The molecular weight excluding hydrogens is 196 g/mol. The third kappa shape index (κ3) is 8.15. The molecule has 2 atom stereocenters. The minimum atomic E-state index is -0.0705. The summed E-state index contributed by atoms with van der Waals surface area (Å²) in [6.07, 6.45) is 8.11. The highest BCUT2D eigenvalue weighted by Crippen LogP contribution is 2.25. The highest BCUT2D eigenvalue weighted by atomic mass is 16.3. The first-order valence-corrected chi connectivity index (χ1v) is 7.08. The maximum Gasteiger partial charge on any atom is 0.0568 e. The smallest absolute Gasteiger partial charge is 0.0568 e. The van der Waals surface area contributed by atoms with Gasteiger partial charge >= 0.3 is 0 Å². The molecule has 0 rings (SSSR count). The van der Waals surface area contributed by atoms with E-state index < -0.39 is 0 Å². The highest BCUT2D eigenvalue weighted by molar-refractivity contribution is 4.70. The van der Waals surface area contributed by atoms with Crippen LogP contribution >= 0.6 is 0 Å². The van der Waals surface area contributed by atoms with Crippen molar-refractivity contribution in [1.29, 1.82) is 0 Å². The average molecular weight is 228 g/mol. The second-order valence-electron chi connectivity index (χ2n) is 6.33. The Balaban J connectivity index is 3.79. The predicted molar refractivity (Wildman–Crippen MR) is 72.6 cm³/mol. The first kappa shape index (κ1) is 16.0. The molecule has 1 N–H and O–H groups in total. The maximum atomic E-state index is 10.1. The SMILES string of the molecule is CCCCC(CC)C(O)CCCC(C)(C)C. The number of unbranched alkanes of at least 4 members (excludes halogenated alkanes) is 1. The molecule has 0 bridgehead atoms. The van der Waals surface area contributed by atoms with Gasteiger partial charge in [-0.3, -0.25) is 0 Å². The van der Waals surface area contributed by atoms with Crippen molar-refractivity contribution in [3.63, 3.8) is 0 Å². The van der Waals surface area contributed by atoms with E-state index >= 15 is 0 Å². The van der Waals surface area contributed by atoms with Gasteiger partial charge in [0.05, 0.1) is 6.10 Å². The fourth-order valence-corrected chi connectivity index (χ4v) is 2.21. The summed E-state index contributed by atoms with van der Waals surface area (Å²) in [7, 11) is 0. The highest BCUT2D eigenvalue weighted by Gasteiger charge is 2.18. The van der Waals surface area contributed by atoms with Crippen LogP contribution in [0.2, 0.25) is 0 Å².